The highest BCUT2D eigenvalue weighted by Gasteiger charge is 1.96. The van der Waals surface area contributed by atoms with Gasteiger partial charge in [-0.1, -0.05) is 15.9 Å². The van der Waals surface area contributed by atoms with Crippen molar-refractivity contribution in [2.24, 2.45) is 0 Å². The predicted octanol–water partition coefficient (Wildman–Crippen LogP) is 2.39. The summed E-state index contributed by atoms with van der Waals surface area (Å²) in [6.45, 7) is 0. The highest BCUT2D eigenvalue weighted by molar-refractivity contribution is 9.10. The summed E-state index contributed by atoms with van der Waals surface area (Å²) in [7, 11) is 0. The lowest BCUT2D eigenvalue weighted by molar-refractivity contribution is 0.591. The Kier molecular flexibility index (Phi) is 1.24. The summed E-state index contributed by atoms with van der Waals surface area (Å²) in [5, 5.41) is 0. The molecule has 0 N–H and O–H groups in total. The normalized spacial score (nSPS) is 10.5. The van der Waals surface area contributed by atoms with Gasteiger partial charge in [0.1, 0.15) is 5.52 Å². The molecule has 0 unspecified atom stereocenters. The molecule has 0 fully saturated rings. The lowest BCUT2D eigenvalue weighted by atomic mass is 10.3. The van der Waals surface area contributed by atoms with Crippen molar-refractivity contribution >= 4 is 27.0 Å². The maximum atomic E-state index is 4.92. The number of fused-ring (bicyclic) bond motifs is 1. The van der Waals surface area contributed by atoms with Crippen molar-refractivity contribution in [3.8, 4) is 0 Å². The van der Waals surface area contributed by atoms with E-state index in [0.717, 1.165) is 15.6 Å². The van der Waals surface area contributed by atoms with E-state index in [1.54, 1.807) is 0 Å². The summed E-state index contributed by atoms with van der Waals surface area (Å²) in [5.74, 6) is 0. The van der Waals surface area contributed by atoms with Gasteiger partial charge in [-0.15, -0.1) is 0 Å². The molecule has 2 nitrogen and oxygen atoms in total. The Morgan fingerprint density at radius 1 is 1.50 bits per heavy atom. The molecule has 1 heterocycles. The molecule has 0 amide bonds. The van der Waals surface area contributed by atoms with Crippen molar-refractivity contribution in [1.82, 2.24) is 4.98 Å². The van der Waals surface area contributed by atoms with Gasteiger partial charge in [-0.25, -0.2) is 4.98 Å². The minimum absolute atomic E-state index is 0.767. The zero-order chi connectivity index (χ0) is 6.97. The van der Waals surface area contributed by atoms with E-state index in [-0.39, 0.29) is 0 Å². The van der Waals surface area contributed by atoms with Gasteiger partial charge in [0.2, 0.25) is 0 Å². The van der Waals surface area contributed by atoms with E-state index in [1.165, 1.54) is 0 Å². The van der Waals surface area contributed by atoms with E-state index in [4.69, 9.17) is 4.42 Å². The average molecular weight is 197 g/mol. The van der Waals surface area contributed by atoms with E-state index in [9.17, 15) is 0 Å². The van der Waals surface area contributed by atoms with Gasteiger partial charge in [-0.3, -0.25) is 0 Å². The molecule has 0 saturated carbocycles. The van der Waals surface area contributed by atoms with Crippen LogP contribution in [0.2, 0.25) is 0 Å². The fraction of sp³-hybridized carbons (Fsp3) is 0. The van der Waals surface area contributed by atoms with E-state index in [0.29, 0.717) is 0 Å². The van der Waals surface area contributed by atoms with Crippen LogP contribution in [0.3, 0.4) is 0 Å². The van der Waals surface area contributed by atoms with E-state index in [2.05, 4.69) is 27.3 Å². The third kappa shape index (κ3) is 0.827. The van der Waals surface area contributed by atoms with Crippen LogP contribution in [0.4, 0.5) is 0 Å². The van der Waals surface area contributed by atoms with Gasteiger partial charge >= 0.3 is 0 Å². The van der Waals surface area contributed by atoms with Gasteiger partial charge in [-0.2, -0.15) is 0 Å². The summed E-state index contributed by atoms with van der Waals surface area (Å²) in [6, 6.07) is 5.64. The number of benzene rings is 1. The number of halogens is 1. The zero-order valence-electron chi connectivity index (χ0n) is 4.97. The van der Waals surface area contributed by atoms with Crippen LogP contribution in [-0.4, -0.2) is 4.98 Å². The first-order valence-corrected chi connectivity index (χ1v) is 3.58. The van der Waals surface area contributed by atoms with Crippen LogP contribution in [0, 0.1) is 6.39 Å². The van der Waals surface area contributed by atoms with E-state index in [1.807, 2.05) is 18.2 Å². The number of rotatable bonds is 0. The molecule has 0 atom stereocenters. The molecule has 1 aromatic carbocycles. The molecule has 3 heteroatoms. The third-order valence-corrected chi connectivity index (χ3v) is 1.74. The fourth-order valence-corrected chi connectivity index (χ4v) is 1.13. The molecule has 2 rings (SSSR count). The van der Waals surface area contributed by atoms with E-state index >= 15 is 0 Å². The zero-order valence-corrected chi connectivity index (χ0v) is 6.55. The summed E-state index contributed by atoms with van der Waals surface area (Å²) >= 11 is 3.32. The van der Waals surface area contributed by atoms with Crippen molar-refractivity contribution in [3.05, 3.63) is 29.1 Å². The molecule has 0 aliphatic heterocycles. The Bertz CT molecular complexity index is 355. The SMILES string of the molecule is Brc1ccc2o[c]nc2c1. The smallest absolute Gasteiger partial charge is 0.284 e. The quantitative estimate of drug-likeness (QED) is 0.647. The summed E-state index contributed by atoms with van der Waals surface area (Å²) in [6.07, 6.45) is 2.42. The van der Waals surface area contributed by atoms with Gasteiger partial charge in [-0.05, 0) is 18.2 Å². The lowest BCUT2D eigenvalue weighted by Gasteiger charge is -1.85. The van der Waals surface area contributed by atoms with Gasteiger partial charge in [0.05, 0.1) is 0 Å². The van der Waals surface area contributed by atoms with Gasteiger partial charge in [0.25, 0.3) is 6.39 Å². The van der Waals surface area contributed by atoms with Gasteiger partial charge < -0.3 is 4.42 Å². The number of aromatic nitrogens is 1. The van der Waals surface area contributed by atoms with Crippen LogP contribution in [0.1, 0.15) is 0 Å². The van der Waals surface area contributed by atoms with Crippen molar-refractivity contribution in [2.75, 3.05) is 0 Å². The van der Waals surface area contributed by atoms with Gasteiger partial charge in [0, 0.05) is 4.47 Å². The van der Waals surface area contributed by atoms with Crippen LogP contribution in [0.25, 0.3) is 11.1 Å². The summed E-state index contributed by atoms with van der Waals surface area (Å²) < 4.78 is 5.92. The maximum absolute atomic E-state index is 4.92. The fourth-order valence-electron chi connectivity index (χ4n) is 0.785. The van der Waals surface area contributed by atoms with Crippen molar-refractivity contribution in [2.45, 2.75) is 0 Å². The molecule has 0 bridgehead atoms. The third-order valence-electron chi connectivity index (χ3n) is 1.24. The molecular formula is C7H3BrNO. The topological polar surface area (TPSA) is 26.0 Å². The first-order valence-electron chi connectivity index (χ1n) is 2.78. The monoisotopic (exact) mass is 196 g/mol. The predicted molar refractivity (Wildman–Crippen MR) is 40.5 cm³/mol. The molecule has 1 aromatic heterocycles. The van der Waals surface area contributed by atoms with Crippen LogP contribution in [0.15, 0.2) is 27.1 Å². The first-order chi connectivity index (χ1) is 4.86. The molecule has 49 valence electrons. The number of nitrogens with zero attached hydrogens (tertiary/aromatic N) is 1. The molecule has 1 radical (unpaired) electrons. The van der Waals surface area contributed by atoms with Crippen LogP contribution >= 0.6 is 15.9 Å². The standard InChI is InChI=1S/C7H3BrNO/c8-5-1-2-7-6(3-5)9-4-10-7/h1-3H. The average Bonchev–Trinajstić information content (AvgIpc) is 2.33. The molecular weight excluding hydrogens is 194 g/mol. The largest absolute Gasteiger partial charge is 0.432 e. The summed E-state index contributed by atoms with van der Waals surface area (Å²) in [4.78, 5) is 3.86. The number of hydrogen-bond acceptors (Lipinski definition) is 2. The van der Waals surface area contributed by atoms with Gasteiger partial charge in [0.15, 0.2) is 5.58 Å². The van der Waals surface area contributed by atoms with Crippen LogP contribution in [-0.2, 0) is 0 Å². The number of hydrogen-bond donors (Lipinski definition) is 0. The van der Waals surface area contributed by atoms with Crippen LogP contribution in [0.5, 0.6) is 0 Å². The van der Waals surface area contributed by atoms with Crippen molar-refractivity contribution < 1.29 is 4.42 Å². The highest BCUT2D eigenvalue weighted by atomic mass is 79.9. The minimum Gasteiger partial charge on any atom is -0.432 e. The Morgan fingerprint density at radius 3 is 3.30 bits per heavy atom. The highest BCUT2D eigenvalue weighted by Crippen LogP contribution is 2.17. The molecule has 0 spiro atoms. The second-order valence-electron chi connectivity index (χ2n) is 1.92. The molecule has 10 heavy (non-hydrogen) atoms. The van der Waals surface area contributed by atoms with Crippen molar-refractivity contribution in [3.63, 3.8) is 0 Å². The molecule has 0 saturated heterocycles. The Hall–Kier alpha value is -0.830. The Morgan fingerprint density at radius 2 is 2.40 bits per heavy atom. The van der Waals surface area contributed by atoms with Crippen LogP contribution < -0.4 is 0 Å². The minimum atomic E-state index is 0.767. The van der Waals surface area contributed by atoms with E-state index < -0.39 is 0 Å². The first kappa shape index (κ1) is 5.92. The molecule has 2 aromatic rings. The molecule has 0 aliphatic rings. The van der Waals surface area contributed by atoms with Crippen molar-refractivity contribution in [1.29, 1.82) is 0 Å². The Labute approximate surface area is 66.0 Å². The summed E-state index contributed by atoms with van der Waals surface area (Å²) in [5.41, 5.74) is 1.59. The number of oxazole rings is 1. The molecule has 0 aliphatic carbocycles. The lowest BCUT2D eigenvalue weighted by Crippen LogP contribution is -1.66. The second-order valence-corrected chi connectivity index (χ2v) is 2.83. The second kappa shape index (κ2) is 2.09. The Balaban J connectivity index is 2.86. The maximum Gasteiger partial charge on any atom is 0.284 e.